The summed E-state index contributed by atoms with van der Waals surface area (Å²) >= 11 is 0. The monoisotopic (exact) mass is 200 g/mol. The summed E-state index contributed by atoms with van der Waals surface area (Å²) in [6.45, 7) is 9.64. The van der Waals surface area contributed by atoms with Crippen LogP contribution in [0.2, 0.25) is 0 Å². The fraction of sp³-hybridized carbons (Fsp3) is 0.900. The van der Waals surface area contributed by atoms with Gasteiger partial charge in [0.1, 0.15) is 0 Å². The number of hydrogen-bond acceptors (Lipinski definition) is 2. The first-order valence-corrected chi connectivity index (χ1v) is 5.05. The predicted molar refractivity (Wildman–Crippen MR) is 55.4 cm³/mol. The summed E-state index contributed by atoms with van der Waals surface area (Å²) in [6.07, 6.45) is -0.810. The molecule has 2 N–H and O–H groups in total. The molecular weight excluding hydrogens is 180 g/mol. The van der Waals surface area contributed by atoms with Crippen LogP contribution >= 0.6 is 0 Å². The van der Waals surface area contributed by atoms with E-state index in [1.807, 2.05) is 0 Å². The normalized spacial score (nSPS) is 28.1. The molecule has 1 aliphatic heterocycles. The molecule has 0 aromatic rings. The minimum absolute atomic E-state index is 0.0490. The first-order chi connectivity index (χ1) is 6.29. The Labute approximate surface area is 85.3 Å². The molecule has 1 rings (SSSR count). The van der Waals surface area contributed by atoms with Crippen molar-refractivity contribution in [1.82, 2.24) is 10.2 Å². The van der Waals surface area contributed by atoms with Gasteiger partial charge in [-0.2, -0.15) is 0 Å². The summed E-state index contributed by atoms with van der Waals surface area (Å²) < 4.78 is 0. The summed E-state index contributed by atoms with van der Waals surface area (Å²) in [5, 5.41) is 12.3. The molecule has 0 radical (unpaired) electrons. The average Bonchev–Trinajstić information content (AvgIpc) is 2.29. The highest BCUT2D eigenvalue weighted by Crippen LogP contribution is 2.18. The van der Waals surface area contributed by atoms with E-state index in [0.29, 0.717) is 19.0 Å². The maximum Gasteiger partial charge on any atom is 0.407 e. The number of hydrogen-bond donors (Lipinski definition) is 2. The molecule has 0 saturated carbocycles. The molecule has 0 unspecified atom stereocenters. The lowest BCUT2D eigenvalue weighted by Crippen LogP contribution is -2.47. The van der Waals surface area contributed by atoms with Gasteiger partial charge in [0.05, 0.1) is 0 Å². The number of rotatable bonds is 1. The molecule has 1 aliphatic rings. The number of carboxylic acid groups (broad SMARTS) is 1. The largest absolute Gasteiger partial charge is 0.465 e. The zero-order valence-electron chi connectivity index (χ0n) is 9.37. The molecule has 0 aliphatic carbocycles. The van der Waals surface area contributed by atoms with E-state index in [0.717, 1.165) is 0 Å². The first-order valence-electron chi connectivity index (χ1n) is 5.05. The van der Waals surface area contributed by atoms with Crippen molar-refractivity contribution in [2.75, 3.05) is 13.1 Å². The Morgan fingerprint density at radius 1 is 1.43 bits per heavy atom. The molecule has 2 atom stereocenters. The molecule has 1 amide bonds. The summed E-state index contributed by atoms with van der Waals surface area (Å²) in [4.78, 5) is 12.2. The van der Waals surface area contributed by atoms with Gasteiger partial charge in [-0.15, -0.1) is 0 Å². The van der Waals surface area contributed by atoms with Crippen LogP contribution in [0.4, 0.5) is 4.79 Å². The Bertz CT molecular complexity index is 223. The van der Waals surface area contributed by atoms with Crippen molar-refractivity contribution in [3.8, 4) is 0 Å². The topological polar surface area (TPSA) is 52.6 Å². The number of likely N-dealkylation sites (tertiary alicyclic amines) is 1. The Kier molecular flexibility index (Phi) is 3.04. The van der Waals surface area contributed by atoms with Gasteiger partial charge in [0.15, 0.2) is 0 Å². The Balaban J connectivity index is 2.53. The average molecular weight is 200 g/mol. The van der Waals surface area contributed by atoms with Gasteiger partial charge < -0.3 is 15.3 Å². The molecule has 1 saturated heterocycles. The zero-order chi connectivity index (χ0) is 10.9. The van der Waals surface area contributed by atoms with Crippen LogP contribution in [-0.2, 0) is 0 Å². The van der Waals surface area contributed by atoms with Gasteiger partial charge in [0, 0.05) is 24.7 Å². The molecule has 82 valence electrons. The van der Waals surface area contributed by atoms with Gasteiger partial charge >= 0.3 is 6.09 Å². The molecule has 0 spiro atoms. The first kappa shape index (κ1) is 11.3. The summed E-state index contributed by atoms with van der Waals surface area (Å²) in [5.74, 6) is 0.394. The molecule has 0 bridgehead atoms. The molecule has 0 aromatic heterocycles. The van der Waals surface area contributed by atoms with Crippen LogP contribution in [0.1, 0.15) is 27.7 Å². The predicted octanol–water partition coefficient (Wildman–Crippen LogP) is 1.37. The smallest absolute Gasteiger partial charge is 0.407 e. The van der Waals surface area contributed by atoms with Crippen LogP contribution in [0.5, 0.6) is 0 Å². The molecule has 1 fully saturated rings. The van der Waals surface area contributed by atoms with Crippen LogP contribution in [0.3, 0.4) is 0 Å². The fourth-order valence-electron chi connectivity index (χ4n) is 1.87. The third kappa shape index (κ3) is 2.87. The van der Waals surface area contributed by atoms with Gasteiger partial charge in [-0.05, 0) is 26.7 Å². The lowest BCUT2D eigenvalue weighted by atomic mass is 10.0. The maximum absolute atomic E-state index is 10.8. The third-order valence-corrected chi connectivity index (χ3v) is 2.50. The highest BCUT2D eigenvalue weighted by Gasteiger charge is 2.33. The molecular formula is C10H20N2O2. The lowest BCUT2D eigenvalue weighted by Gasteiger charge is -2.27. The van der Waals surface area contributed by atoms with Crippen molar-refractivity contribution in [2.24, 2.45) is 5.92 Å². The van der Waals surface area contributed by atoms with Crippen LogP contribution in [0.15, 0.2) is 0 Å². The summed E-state index contributed by atoms with van der Waals surface area (Å²) in [6, 6.07) is 0.283. The Hall–Kier alpha value is -0.770. The summed E-state index contributed by atoms with van der Waals surface area (Å²) in [7, 11) is 0. The molecule has 4 nitrogen and oxygen atoms in total. The van der Waals surface area contributed by atoms with Crippen molar-refractivity contribution in [3.63, 3.8) is 0 Å². The quantitative estimate of drug-likeness (QED) is 0.672. The van der Waals surface area contributed by atoms with E-state index in [9.17, 15) is 4.79 Å². The zero-order valence-corrected chi connectivity index (χ0v) is 9.37. The Morgan fingerprint density at radius 2 is 2.00 bits per heavy atom. The van der Waals surface area contributed by atoms with E-state index < -0.39 is 6.09 Å². The SMILES string of the molecule is C[C@@H]1CN(C(=O)O)C[C@@H]1NC(C)(C)C. The van der Waals surface area contributed by atoms with E-state index in [4.69, 9.17) is 5.11 Å². The van der Waals surface area contributed by atoms with Crippen LogP contribution in [0.25, 0.3) is 0 Å². The van der Waals surface area contributed by atoms with E-state index in [-0.39, 0.29) is 11.6 Å². The highest BCUT2D eigenvalue weighted by molar-refractivity contribution is 5.65. The van der Waals surface area contributed by atoms with Gasteiger partial charge in [0.2, 0.25) is 0 Å². The van der Waals surface area contributed by atoms with Gasteiger partial charge in [-0.3, -0.25) is 0 Å². The second kappa shape index (κ2) is 3.77. The van der Waals surface area contributed by atoms with E-state index in [1.54, 1.807) is 0 Å². The van der Waals surface area contributed by atoms with E-state index in [2.05, 4.69) is 33.0 Å². The summed E-state index contributed by atoms with van der Waals surface area (Å²) in [5.41, 5.74) is 0.0490. The van der Waals surface area contributed by atoms with Crippen molar-refractivity contribution in [2.45, 2.75) is 39.3 Å². The standard InChI is InChI=1S/C10H20N2O2/c1-7-5-12(9(13)14)6-8(7)11-10(2,3)4/h7-8,11H,5-6H2,1-4H3,(H,13,14)/t7-,8+/m1/s1. The van der Waals surface area contributed by atoms with Crippen molar-refractivity contribution in [3.05, 3.63) is 0 Å². The van der Waals surface area contributed by atoms with Crippen molar-refractivity contribution < 1.29 is 9.90 Å². The molecule has 4 heteroatoms. The van der Waals surface area contributed by atoms with Crippen LogP contribution in [0, 0.1) is 5.92 Å². The minimum Gasteiger partial charge on any atom is -0.465 e. The van der Waals surface area contributed by atoms with E-state index >= 15 is 0 Å². The number of carbonyl (C=O) groups is 1. The van der Waals surface area contributed by atoms with E-state index in [1.165, 1.54) is 4.90 Å². The van der Waals surface area contributed by atoms with Gasteiger partial charge in [-0.25, -0.2) is 4.79 Å². The highest BCUT2D eigenvalue weighted by atomic mass is 16.4. The molecule has 1 heterocycles. The second-order valence-corrected chi connectivity index (χ2v) is 5.17. The fourth-order valence-corrected chi connectivity index (χ4v) is 1.87. The number of amides is 1. The van der Waals surface area contributed by atoms with Crippen molar-refractivity contribution in [1.29, 1.82) is 0 Å². The molecule has 14 heavy (non-hydrogen) atoms. The minimum atomic E-state index is -0.810. The van der Waals surface area contributed by atoms with Gasteiger partial charge in [0.25, 0.3) is 0 Å². The Morgan fingerprint density at radius 3 is 2.36 bits per heavy atom. The third-order valence-electron chi connectivity index (χ3n) is 2.50. The second-order valence-electron chi connectivity index (χ2n) is 5.17. The molecule has 0 aromatic carbocycles. The van der Waals surface area contributed by atoms with Crippen molar-refractivity contribution >= 4 is 6.09 Å². The lowest BCUT2D eigenvalue weighted by molar-refractivity contribution is 0.153. The van der Waals surface area contributed by atoms with Gasteiger partial charge in [-0.1, -0.05) is 6.92 Å². The van der Waals surface area contributed by atoms with Crippen LogP contribution < -0.4 is 5.32 Å². The maximum atomic E-state index is 10.8. The number of nitrogens with one attached hydrogen (secondary N) is 1. The van der Waals surface area contributed by atoms with Crippen LogP contribution in [-0.4, -0.2) is 40.8 Å². The number of nitrogens with zero attached hydrogens (tertiary/aromatic N) is 1.